The first kappa shape index (κ1) is 25.6. The number of amides is 1. The van der Waals surface area contributed by atoms with E-state index in [1.54, 1.807) is 4.57 Å². The van der Waals surface area contributed by atoms with Crippen molar-refractivity contribution in [2.45, 2.75) is 60.4 Å². The van der Waals surface area contributed by atoms with E-state index < -0.39 is 0 Å². The zero-order chi connectivity index (χ0) is 26.0. The fourth-order valence-corrected chi connectivity index (χ4v) is 4.62. The van der Waals surface area contributed by atoms with Crippen molar-refractivity contribution >= 4 is 27.6 Å². The minimum absolute atomic E-state index is 0.0862. The van der Waals surface area contributed by atoms with Crippen molar-refractivity contribution in [2.24, 2.45) is 11.3 Å². The average molecular weight is 484 g/mol. The number of nitrogens with zero attached hydrogens (tertiary/aromatic N) is 3. The lowest BCUT2D eigenvalue weighted by Gasteiger charge is -2.33. The molecule has 3 aromatic carbocycles. The second kappa shape index (κ2) is 10.3. The molecule has 5 nitrogen and oxygen atoms in total. The maximum atomic E-state index is 13.9. The summed E-state index contributed by atoms with van der Waals surface area (Å²) in [5.41, 5.74) is 1.14. The molecule has 0 aliphatic heterocycles. The third kappa shape index (κ3) is 5.51. The summed E-state index contributed by atoms with van der Waals surface area (Å²) in [6.45, 7) is 13.2. The smallest absolute Gasteiger partial charge is 0.266 e. The number of carbonyl (C=O) groups excluding carboxylic acids is 1. The van der Waals surface area contributed by atoms with E-state index in [0.717, 1.165) is 22.9 Å². The van der Waals surface area contributed by atoms with Crippen LogP contribution in [0.5, 0.6) is 0 Å². The molecule has 0 saturated heterocycles. The van der Waals surface area contributed by atoms with E-state index in [9.17, 15) is 9.59 Å². The van der Waals surface area contributed by atoms with Gasteiger partial charge in [-0.15, -0.1) is 0 Å². The second-order valence-corrected chi connectivity index (χ2v) is 11.3. The van der Waals surface area contributed by atoms with E-state index in [-0.39, 0.29) is 22.9 Å². The largest absolute Gasteiger partial charge is 0.333 e. The highest BCUT2D eigenvalue weighted by Gasteiger charge is 2.29. The number of benzene rings is 3. The van der Waals surface area contributed by atoms with Crippen molar-refractivity contribution in [3.05, 3.63) is 82.9 Å². The Balaban J connectivity index is 1.91. The minimum atomic E-state index is -0.373. The summed E-state index contributed by atoms with van der Waals surface area (Å²) >= 11 is 0. The molecule has 1 aromatic heterocycles. The summed E-state index contributed by atoms with van der Waals surface area (Å²) in [5, 5.41) is 2.72. The van der Waals surface area contributed by atoms with E-state index in [1.165, 1.54) is 0 Å². The van der Waals surface area contributed by atoms with Crippen molar-refractivity contribution in [1.29, 1.82) is 0 Å². The van der Waals surface area contributed by atoms with Gasteiger partial charge in [0.05, 0.1) is 22.6 Å². The van der Waals surface area contributed by atoms with Gasteiger partial charge in [0.25, 0.3) is 5.56 Å². The van der Waals surface area contributed by atoms with Crippen LogP contribution in [0.25, 0.3) is 27.4 Å². The van der Waals surface area contributed by atoms with Gasteiger partial charge in [-0.1, -0.05) is 77.1 Å². The van der Waals surface area contributed by atoms with E-state index in [4.69, 9.17) is 4.98 Å². The summed E-state index contributed by atoms with van der Waals surface area (Å²) in [6, 6.07) is 21.2. The van der Waals surface area contributed by atoms with E-state index in [0.29, 0.717) is 35.6 Å². The molecule has 188 valence electrons. The van der Waals surface area contributed by atoms with Crippen LogP contribution in [0.15, 0.2) is 71.5 Å². The predicted octanol–water partition coefficient (Wildman–Crippen LogP) is 6.91. The molecule has 5 heteroatoms. The maximum Gasteiger partial charge on any atom is 0.266 e. The van der Waals surface area contributed by atoms with Crippen molar-refractivity contribution in [2.75, 3.05) is 6.54 Å². The van der Waals surface area contributed by atoms with Crippen LogP contribution in [0.1, 0.15) is 66.3 Å². The van der Waals surface area contributed by atoms with Crippen molar-refractivity contribution in [3.8, 4) is 5.69 Å². The monoisotopic (exact) mass is 483 g/mol. The Labute approximate surface area is 213 Å². The summed E-state index contributed by atoms with van der Waals surface area (Å²) in [4.78, 5) is 34.4. The molecular formula is C31H37N3O2. The van der Waals surface area contributed by atoms with Gasteiger partial charge in [0.15, 0.2) is 0 Å². The van der Waals surface area contributed by atoms with Gasteiger partial charge in [0.1, 0.15) is 5.82 Å². The molecule has 0 spiro atoms. The third-order valence-electron chi connectivity index (χ3n) is 6.58. The summed E-state index contributed by atoms with van der Waals surface area (Å²) in [5.74, 6) is 1.12. The molecular weight excluding hydrogens is 446 g/mol. The molecule has 4 rings (SSSR count). The molecule has 0 bridgehead atoms. The number of rotatable bonds is 7. The Morgan fingerprint density at radius 3 is 2.31 bits per heavy atom. The van der Waals surface area contributed by atoms with Crippen LogP contribution in [-0.4, -0.2) is 26.9 Å². The van der Waals surface area contributed by atoms with Gasteiger partial charge in [-0.2, -0.15) is 0 Å². The lowest BCUT2D eigenvalue weighted by molar-refractivity contribution is -0.135. The highest BCUT2D eigenvalue weighted by atomic mass is 16.2. The fourth-order valence-electron chi connectivity index (χ4n) is 4.62. The zero-order valence-electron chi connectivity index (χ0n) is 22.3. The van der Waals surface area contributed by atoms with E-state index in [1.807, 2.05) is 72.5 Å². The summed E-state index contributed by atoms with van der Waals surface area (Å²) in [6.07, 6.45) is 1.32. The molecule has 0 aliphatic rings. The van der Waals surface area contributed by atoms with Crippen LogP contribution < -0.4 is 5.56 Å². The number of aromatic nitrogens is 2. The summed E-state index contributed by atoms with van der Waals surface area (Å²) in [7, 11) is 0. The Hall–Kier alpha value is -3.47. The predicted molar refractivity (Wildman–Crippen MR) is 149 cm³/mol. The van der Waals surface area contributed by atoms with Crippen LogP contribution in [0.4, 0.5) is 0 Å². The molecule has 0 N–H and O–H groups in total. The lowest BCUT2D eigenvalue weighted by Crippen LogP contribution is -2.39. The van der Waals surface area contributed by atoms with Gasteiger partial charge in [0, 0.05) is 13.0 Å². The quantitative estimate of drug-likeness (QED) is 0.287. The third-order valence-corrected chi connectivity index (χ3v) is 6.58. The van der Waals surface area contributed by atoms with Crippen LogP contribution in [0.3, 0.4) is 0 Å². The number of hydrogen-bond donors (Lipinski definition) is 0. The van der Waals surface area contributed by atoms with Gasteiger partial charge >= 0.3 is 0 Å². The molecule has 4 aromatic rings. The van der Waals surface area contributed by atoms with Crippen LogP contribution in [0, 0.1) is 11.3 Å². The second-order valence-electron chi connectivity index (χ2n) is 11.3. The van der Waals surface area contributed by atoms with Crippen molar-refractivity contribution in [3.63, 3.8) is 0 Å². The molecule has 1 atom stereocenters. The number of para-hydroxylation sites is 1. The molecule has 0 saturated carbocycles. The molecule has 0 aliphatic carbocycles. The van der Waals surface area contributed by atoms with E-state index >= 15 is 0 Å². The van der Waals surface area contributed by atoms with E-state index in [2.05, 4.69) is 40.7 Å². The van der Waals surface area contributed by atoms with Gasteiger partial charge < -0.3 is 4.90 Å². The van der Waals surface area contributed by atoms with Crippen LogP contribution >= 0.6 is 0 Å². The molecule has 1 heterocycles. The van der Waals surface area contributed by atoms with Gasteiger partial charge in [0.2, 0.25) is 5.91 Å². The zero-order valence-corrected chi connectivity index (χ0v) is 22.3. The highest BCUT2D eigenvalue weighted by Crippen LogP contribution is 2.28. The molecule has 0 radical (unpaired) electrons. The van der Waals surface area contributed by atoms with Crippen molar-refractivity contribution in [1.82, 2.24) is 14.5 Å². The normalized spacial score (nSPS) is 12.9. The molecule has 36 heavy (non-hydrogen) atoms. The van der Waals surface area contributed by atoms with Crippen LogP contribution in [0.2, 0.25) is 0 Å². The standard InChI is InChI=1S/C31H37N3O2/c1-21(2)17-18-33(28(35)20-31(4,5)6)22(3)29-32-27-14-10-9-13-26(27)30(36)34(29)25-16-15-23-11-7-8-12-24(23)19-25/h7-16,19,21-22H,17-18,20H2,1-6H3. The first-order valence-corrected chi connectivity index (χ1v) is 12.9. The fraction of sp³-hybridized carbons (Fsp3) is 0.387. The van der Waals surface area contributed by atoms with Crippen LogP contribution in [-0.2, 0) is 4.79 Å². The van der Waals surface area contributed by atoms with Crippen molar-refractivity contribution < 1.29 is 4.79 Å². The first-order chi connectivity index (χ1) is 17.0. The lowest BCUT2D eigenvalue weighted by atomic mass is 9.91. The Bertz CT molecular complexity index is 1450. The number of fused-ring (bicyclic) bond motifs is 2. The molecule has 0 fully saturated rings. The Morgan fingerprint density at radius 2 is 1.61 bits per heavy atom. The van der Waals surface area contributed by atoms with Gasteiger partial charge in [-0.3, -0.25) is 14.2 Å². The van der Waals surface area contributed by atoms with Gasteiger partial charge in [-0.05, 0) is 59.7 Å². The Kier molecular flexibility index (Phi) is 7.30. The first-order valence-electron chi connectivity index (χ1n) is 12.9. The SMILES string of the molecule is CC(C)CCN(C(=O)CC(C)(C)C)C(C)c1nc2ccccc2c(=O)n1-c1ccc2ccccc2c1. The molecule has 1 amide bonds. The maximum absolute atomic E-state index is 13.9. The number of hydrogen-bond acceptors (Lipinski definition) is 3. The highest BCUT2D eigenvalue weighted by molar-refractivity contribution is 5.85. The topological polar surface area (TPSA) is 55.2 Å². The van der Waals surface area contributed by atoms with Gasteiger partial charge in [-0.25, -0.2) is 4.98 Å². The average Bonchev–Trinajstić information content (AvgIpc) is 2.82. The summed E-state index contributed by atoms with van der Waals surface area (Å²) < 4.78 is 1.70. The molecule has 1 unspecified atom stereocenters. The minimum Gasteiger partial charge on any atom is -0.333 e. The number of carbonyl (C=O) groups is 1. The Morgan fingerprint density at radius 1 is 0.944 bits per heavy atom.